The molecule has 0 aromatic carbocycles. The minimum atomic E-state index is -0.926. The van der Waals surface area contributed by atoms with Crippen LogP contribution in [0.2, 0.25) is 0 Å². The maximum Gasteiger partial charge on any atom is 0.112 e. The largest absolute Gasteiger partial charge is 0.388 e. The summed E-state index contributed by atoms with van der Waals surface area (Å²) >= 11 is 0. The maximum absolute atomic E-state index is 9.17. The third kappa shape index (κ3) is 1.19. The monoisotopic (exact) mass is 142 g/mol. The second kappa shape index (κ2) is 2.90. The lowest BCUT2D eigenvalue weighted by Gasteiger charge is -2.11. The summed E-state index contributed by atoms with van der Waals surface area (Å²) in [5.41, 5.74) is 0. The first-order valence-electron chi connectivity index (χ1n) is 3.44. The zero-order chi connectivity index (χ0) is 7.72. The van der Waals surface area contributed by atoms with Crippen LogP contribution < -0.4 is 0 Å². The van der Waals surface area contributed by atoms with Gasteiger partial charge in [0.05, 0.1) is 12.2 Å². The highest BCUT2D eigenvalue weighted by atomic mass is 16.5. The highest BCUT2D eigenvalue weighted by Gasteiger charge is 2.38. The van der Waals surface area contributed by atoms with Crippen molar-refractivity contribution in [3.05, 3.63) is 0 Å². The molecule has 4 heteroatoms. The number of rotatable bonds is 1. The van der Waals surface area contributed by atoms with Gasteiger partial charge in [-0.2, -0.15) is 0 Å². The highest BCUT2D eigenvalue weighted by molar-refractivity contribution is 6.11. The fourth-order valence-electron chi connectivity index (χ4n) is 1.11. The van der Waals surface area contributed by atoms with E-state index in [4.69, 9.17) is 17.7 Å². The Morgan fingerprint density at radius 2 is 2.00 bits per heavy atom. The molecule has 0 bridgehead atoms. The van der Waals surface area contributed by atoms with Gasteiger partial charge in [-0.1, -0.05) is 6.92 Å². The summed E-state index contributed by atoms with van der Waals surface area (Å²) in [5.74, 6) is 0. The van der Waals surface area contributed by atoms with Crippen molar-refractivity contribution in [1.82, 2.24) is 0 Å². The molecular formula is C6H11BO3. The van der Waals surface area contributed by atoms with E-state index in [0.717, 1.165) is 0 Å². The molecule has 0 spiro atoms. The molecule has 1 aliphatic heterocycles. The first-order chi connectivity index (χ1) is 4.66. The van der Waals surface area contributed by atoms with Gasteiger partial charge in [-0.25, -0.2) is 0 Å². The molecule has 3 nitrogen and oxygen atoms in total. The summed E-state index contributed by atoms with van der Waals surface area (Å²) in [6, 6.07) is -0.722. The standard InChI is InChI=1S/C6H11BO3/c1-2-3-4(8)5(9)6(7)10-3/h3-6,8-9H,2H2,1H3/t3-,4+,5?,6-/m1/s1. The highest BCUT2D eigenvalue weighted by Crippen LogP contribution is 2.20. The Morgan fingerprint density at radius 1 is 1.40 bits per heavy atom. The Labute approximate surface area is 61.4 Å². The van der Waals surface area contributed by atoms with Crippen LogP contribution in [0.5, 0.6) is 0 Å². The van der Waals surface area contributed by atoms with Crippen molar-refractivity contribution in [3.63, 3.8) is 0 Å². The van der Waals surface area contributed by atoms with Gasteiger partial charge in [0, 0.05) is 6.00 Å². The van der Waals surface area contributed by atoms with E-state index in [9.17, 15) is 5.11 Å². The summed E-state index contributed by atoms with van der Waals surface area (Å²) in [4.78, 5) is 0. The van der Waals surface area contributed by atoms with E-state index in [2.05, 4.69) is 0 Å². The Hall–Kier alpha value is -0.0551. The van der Waals surface area contributed by atoms with Crippen molar-refractivity contribution in [2.24, 2.45) is 0 Å². The zero-order valence-corrected chi connectivity index (χ0v) is 5.90. The lowest BCUT2D eigenvalue weighted by Crippen LogP contribution is -2.32. The summed E-state index contributed by atoms with van der Waals surface area (Å²) in [5, 5.41) is 18.2. The topological polar surface area (TPSA) is 49.7 Å². The molecule has 0 amide bonds. The molecule has 2 radical (unpaired) electrons. The summed E-state index contributed by atoms with van der Waals surface area (Å²) in [7, 11) is 5.30. The van der Waals surface area contributed by atoms with Crippen molar-refractivity contribution < 1.29 is 14.9 Å². The number of hydrogen-bond acceptors (Lipinski definition) is 3. The van der Waals surface area contributed by atoms with E-state index >= 15 is 0 Å². The van der Waals surface area contributed by atoms with E-state index in [1.165, 1.54) is 0 Å². The second-order valence-electron chi connectivity index (χ2n) is 2.53. The van der Waals surface area contributed by atoms with Crippen LogP contribution in [0.25, 0.3) is 0 Å². The van der Waals surface area contributed by atoms with E-state index in [1.54, 1.807) is 0 Å². The normalized spacial score (nSPS) is 47.9. The van der Waals surface area contributed by atoms with Gasteiger partial charge in [0.25, 0.3) is 0 Å². The van der Waals surface area contributed by atoms with E-state index in [0.29, 0.717) is 6.42 Å². The van der Waals surface area contributed by atoms with Crippen molar-refractivity contribution in [2.45, 2.75) is 37.7 Å². The number of aliphatic hydroxyl groups is 2. The quantitative estimate of drug-likeness (QED) is 0.462. The first-order valence-corrected chi connectivity index (χ1v) is 3.44. The zero-order valence-electron chi connectivity index (χ0n) is 5.90. The average Bonchev–Trinajstić information content (AvgIpc) is 2.17. The lowest BCUT2D eigenvalue weighted by atomic mass is 9.93. The van der Waals surface area contributed by atoms with Crippen molar-refractivity contribution in [1.29, 1.82) is 0 Å². The minimum Gasteiger partial charge on any atom is -0.388 e. The third-order valence-corrected chi connectivity index (χ3v) is 1.80. The van der Waals surface area contributed by atoms with Crippen LogP contribution in [-0.2, 0) is 4.74 Å². The smallest absolute Gasteiger partial charge is 0.112 e. The molecule has 2 N–H and O–H groups in total. The van der Waals surface area contributed by atoms with E-state index < -0.39 is 18.2 Å². The van der Waals surface area contributed by atoms with Gasteiger partial charge in [0.2, 0.25) is 0 Å². The average molecular weight is 142 g/mol. The molecule has 1 aliphatic rings. The molecule has 0 aromatic rings. The Balaban J connectivity index is 2.53. The molecule has 1 fully saturated rings. The van der Waals surface area contributed by atoms with Gasteiger partial charge >= 0.3 is 0 Å². The van der Waals surface area contributed by atoms with Crippen LogP contribution in [0, 0.1) is 0 Å². The van der Waals surface area contributed by atoms with Gasteiger partial charge in [0.15, 0.2) is 0 Å². The predicted molar refractivity (Wildman–Crippen MR) is 36.7 cm³/mol. The van der Waals surface area contributed by atoms with E-state index in [-0.39, 0.29) is 6.10 Å². The molecule has 0 aromatic heterocycles. The van der Waals surface area contributed by atoms with Crippen molar-refractivity contribution in [2.75, 3.05) is 0 Å². The van der Waals surface area contributed by atoms with Crippen LogP contribution in [-0.4, -0.2) is 42.4 Å². The molecule has 10 heavy (non-hydrogen) atoms. The van der Waals surface area contributed by atoms with Gasteiger partial charge in [-0.05, 0) is 6.42 Å². The van der Waals surface area contributed by atoms with Crippen LogP contribution in [0.4, 0.5) is 0 Å². The number of aliphatic hydroxyl groups excluding tert-OH is 2. The second-order valence-corrected chi connectivity index (χ2v) is 2.53. The van der Waals surface area contributed by atoms with Crippen molar-refractivity contribution in [3.8, 4) is 0 Å². The molecule has 1 rings (SSSR count). The van der Waals surface area contributed by atoms with Crippen LogP contribution in [0.3, 0.4) is 0 Å². The lowest BCUT2D eigenvalue weighted by molar-refractivity contribution is 0.0210. The molecule has 1 heterocycles. The van der Waals surface area contributed by atoms with Crippen LogP contribution in [0.1, 0.15) is 13.3 Å². The van der Waals surface area contributed by atoms with Gasteiger partial charge in [-0.15, -0.1) is 0 Å². The number of hydrogen-bond donors (Lipinski definition) is 2. The fraction of sp³-hybridized carbons (Fsp3) is 1.00. The Bertz CT molecular complexity index is 120. The van der Waals surface area contributed by atoms with Gasteiger partial charge < -0.3 is 14.9 Å². The summed E-state index contributed by atoms with van der Waals surface area (Å²) in [6.45, 7) is 1.87. The van der Waals surface area contributed by atoms with Gasteiger partial charge in [0.1, 0.15) is 14.0 Å². The molecule has 0 aliphatic carbocycles. The first kappa shape index (κ1) is 8.05. The predicted octanol–water partition coefficient (Wildman–Crippen LogP) is -0.988. The fourth-order valence-corrected chi connectivity index (χ4v) is 1.11. The molecule has 0 saturated carbocycles. The molecule has 1 unspecified atom stereocenters. The van der Waals surface area contributed by atoms with Crippen molar-refractivity contribution >= 4 is 7.85 Å². The Morgan fingerprint density at radius 3 is 2.20 bits per heavy atom. The maximum atomic E-state index is 9.17. The van der Waals surface area contributed by atoms with Gasteiger partial charge in [-0.3, -0.25) is 0 Å². The molecule has 56 valence electrons. The minimum absolute atomic E-state index is 0.301. The summed E-state index contributed by atoms with van der Waals surface area (Å²) < 4.78 is 5.01. The third-order valence-electron chi connectivity index (χ3n) is 1.80. The van der Waals surface area contributed by atoms with E-state index in [1.807, 2.05) is 6.92 Å². The molecule has 4 atom stereocenters. The molecule has 1 saturated heterocycles. The molecular weight excluding hydrogens is 131 g/mol. The summed E-state index contributed by atoms with van der Waals surface area (Å²) in [6.07, 6.45) is -1.37. The van der Waals surface area contributed by atoms with Crippen LogP contribution >= 0.6 is 0 Å². The van der Waals surface area contributed by atoms with Crippen LogP contribution in [0.15, 0.2) is 0 Å². The Kier molecular flexibility index (Phi) is 2.34. The number of ether oxygens (including phenoxy) is 1. The SMILES string of the molecule is [B][C@@H]1O[C@H](CC)[C@H](O)C1O.